The van der Waals surface area contributed by atoms with Crippen LogP contribution in [0.3, 0.4) is 0 Å². The van der Waals surface area contributed by atoms with E-state index in [9.17, 15) is 4.79 Å². The number of hydrogen-bond acceptors (Lipinski definition) is 5. The number of likely N-dealkylation sites (N-methyl/N-ethyl adjacent to an activating group) is 1. The van der Waals surface area contributed by atoms with Crippen LogP contribution in [0.15, 0.2) is 22.5 Å². The van der Waals surface area contributed by atoms with E-state index in [0.29, 0.717) is 6.04 Å². The lowest BCUT2D eigenvalue weighted by atomic mass is 10.1. The van der Waals surface area contributed by atoms with E-state index in [4.69, 9.17) is 4.74 Å². The van der Waals surface area contributed by atoms with Crippen LogP contribution in [0.25, 0.3) is 0 Å². The molecule has 0 aromatic carbocycles. The first-order valence-corrected chi connectivity index (χ1v) is 10.4. The van der Waals surface area contributed by atoms with Gasteiger partial charge >= 0.3 is 0 Å². The molecule has 0 aliphatic carbocycles. The first-order valence-electron chi connectivity index (χ1n) is 9.57. The molecule has 0 bridgehead atoms. The van der Waals surface area contributed by atoms with Crippen LogP contribution in [0.2, 0.25) is 0 Å². The number of nitrogens with zero attached hydrogens (tertiary/aromatic N) is 3. The first kappa shape index (κ1) is 25.1. The molecule has 2 N–H and O–H groups in total. The Bertz CT molecular complexity index is 575. The minimum Gasteiger partial charge on any atom is -0.383 e. The number of guanidine groups is 1. The van der Waals surface area contributed by atoms with E-state index >= 15 is 0 Å². The number of piperidine rings is 1. The fourth-order valence-electron chi connectivity index (χ4n) is 2.91. The van der Waals surface area contributed by atoms with Crippen molar-refractivity contribution in [2.75, 3.05) is 60.5 Å². The molecule has 1 amide bonds. The predicted octanol–water partition coefficient (Wildman–Crippen LogP) is 1.64. The maximum atomic E-state index is 11.9. The highest BCUT2D eigenvalue weighted by atomic mass is 127. The number of likely N-dealkylation sites (tertiary alicyclic amines) is 1. The maximum absolute atomic E-state index is 11.9. The average Bonchev–Trinajstić information content (AvgIpc) is 3.18. The fourth-order valence-corrected chi connectivity index (χ4v) is 3.62. The molecule has 0 saturated carbocycles. The Morgan fingerprint density at radius 2 is 2.14 bits per heavy atom. The zero-order chi connectivity index (χ0) is 19.5. The second-order valence-corrected chi connectivity index (χ2v) is 7.99. The highest BCUT2D eigenvalue weighted by molar-refractivity contribution is 14.0. The van der Waals surface area contributed by atoms with Crippen LogP contribution < -0.4 is 10.6 Å². The van der Waals surface area contributed by atoms with Gasteiger partial charge in [0.25, 0.3) is 0 Å². The summed E-state index contributed by atoms with van der Waals surface area (Å²) in [4.78, 5) is 21.7. The first-order chi connectivity index (χ1) is 13.1. The number of ether oxygens (including phenoxy) is 1. The van der Waals surface area contributed by atoms with Gasteiger partial charge in [-0.1, -0.05) is 6.07 Å². The lowest BCUT2D eigenvalue weighted by Gasteiger charge is -2.33. The zero-order valence-electron chi connectivity index (χ0n) is 17.1. The second kappa shape index (κ2) is 14.1. The monoisotopic (exact) mass is 523 g/mol. The summed E-state index contributed by atoms with van der Waals surface area (Å²) in [5, 5.41) is 9.00. The number of rotatable bonds is 9. The standard InChI is InChI=1S/C19H33N5O2S.HI/c1-23(2)18(25)15-21-19(20-9-6-17-5-4-14-27-17)22-16-7-10-24(11-8-16)12-13-26-3;/h4-5,14,16H,6-13,15H2,1-3H3,(H2,20,21,22);1H. The summed E-state index contributed by atoms with van der Waals surface area (Å²) in [7, 11) is 5.25. The van der Waals surface area contributed by atoms with Gasteiger partial charge in [-0.2, -0.15) is 0 Å². The molecule has 9 heteroatoms. The van der Waals surface area contributed by atoms with Gasteiger partial charge < -0.3 is 25.2 Å². The molecule has 1 fully saturated rings. The van der Waals surface area contributed by atoms with Gasteiger partial charge in [-0.05, 0) is 30.7 Å². The molecule has 7 nitrogen and oxygen atoms in total. The van der Waals surface area contributed by atoms with Crippen LogP contribution in [0.4, 0.5) is 0 Å². The molecule has 28 heavy (non-hydrogen) atoms. The van der Waals surface area contributed by atoms with E-state index in [2.05, 4.69) is 38.0 Å². The Kier molecular flexibility index (Phi) is 12.7. The van der Waals surface area contributed by atoms with Crippen molar-refractivity contribution in [3.8, 4) is 0 Å². The summed E-state index contributed by atoms with van der Waals surface area (Å²) in [6, 6.07) is 4.59. The van der Waals surface area contributed by atoms with Crippen LogP contribution in [0.1, 0.15) is 17.7 Å². The number of amides is 1. The van der Waals surface area contributed by atoms with Crippen molar-refractivity contribution in [2.45, 2.75) is 25.3 Å². The zero-order valence-corrected chi connectivity index (χ0v) is 20.3. The molecule has 2 rings (SSSR count). The predicted molar refractivity (Wildman–Crippen MR) is 127 cm³/mol. The topological polar surface area (TPSA) is 69.2 Å². The van der Waals surface area contributed by atoms with Crippen LogP contribution >= 0.6 is 35.3 Å². The summed E-state index contributed by atoms with van der Waals surface area (Å²) in [6.07, 6.45) is 3.09. The molecule has 1 aromatic heterocycles. The van der Waals surface area contributed by atoms with Gasteiger partial charge in [0.15, 0.2) is 5.96 Å². The third-order valence-corrected chi connectivity index (χ3v) is 5.59. The van der Waals surface area contributed by atoms with Crippen LogP contribution in [0.5, 0.6) is 0 Å². The highest BCUT2D eigenvalue weighted by Gasteiger charge is 2.20. The Labute approximate surface area is 189 Å². The smallest absolute Gasteiger partial charge is 0.243 e. The lowest BCUT2D eigenvalue weighted by Crippen LogP contribution is -2.49. The van der Waals surface area contributed by atoms with Crippen molar-refractivity contribution in [3.63, 3.8) is 0 Å². The van der Waals surface area contributed by atoms with Crippen molar-refractivity contribution in [2.24, 2.45) is 4.99 Å². The van der Waals surface area contributed by atoms with E-state index in [1.807, 2.05) is 0 Å². The number of carbonyl (C=O) groups is 1. The molecule has 1 saturated heterocycles. The van der Waals surface area contributed by atoms with E-state index in [1.54, 1.807) is 37.4 Å². The minimum absolute atomic E-state index is 0. The van der Waals surface area contributed by atoms with Gasteiger partial charge in [-0.25, -0.2) is 4.99 Å². The molecule has 0 atom stereocenters. The second-order valence-electron chi connectivity index (χ2n) is 6.96. The van der Waals surface area contributed by atoms with Gasteiger partial charge in [0, 0.05) is 58.3 Å². The summed E-state index contributed by atoms with van der Waals surface area (Å²) in [5.41, 5.74) is 0. The molecule has 1 aromatic rings. The molecular weight excluding hydrogens is 489 g/mol. The van der Waals surface area contributed by atoms with Crippen LogP contribution in [0, 0.1) is 0 Å². The van der Waals surface area contributed by atoms with Gasteiger partial charge in [0.2, 0.25) is 5.91 Å². The average molecular weight is 523 g/mol. The number of aliphatic imine (C=N–C) groups is 1. The van der Waals surface area contributed by atoms with Crippen molar-refractivity contribution >= 4 is 47.2 Å². The van der Waals surface area contributed by atoms with Crippen molar-refractivity contribution in [3.05, 3.63) is 22.4 Å². The van der Waals surface area contributed by atoms with Crippen LogP contribution in [-0.2, 0) is 16.0 Å². The molecular formula is C19H34IN5O2S. The highest BCUT2D eigenvalue weighted by Crippen LogP contribution is 2.10. The molecule has 0 spiro atoms. The molecule has 0 radical (unpaired) electrons. The van der Waals surface area contributed by atoms with E-state index in [1.165, 1.54) is 4.88 Å². The Hall–Kier alpha value is -0.910. The van der Waals surface area contributed by atoms with E-state index in [0.717, 1.165) is 58.0 Å². The molecule has 1 aliphatic heterocycles. The van der Waals surface area contributed by atoms with E-state index in [-0.39, 0.29) is 36.4 Å². The minimum atomic E-state index is 0. The number of nitrogens with one attached hydrogen (secondary N) is 2. The van der Waals surface area contributed by atoms with Crippen molar-refractivity contribution in [1.29, 1.82) is 0 Å². The van der Waals surface area contributed by atoms with E-state index < -0.39 is 0 Å². The normalized spacial score (nSPS) is 15.8. The third-order valence-electron chi connectivity index (χ3n) is 4.66. The Morgan fingerprint density at radius 1 is 1.39 bits per heavy atom. The van der Waals surface area contributed by atoms with Gasteiger partial charge in [0.05, 0.1) is 6.61 Å². The molecule has 0 unspecified atom stereocenters. The van der Waals surface area contributed by atoms with Crippen molar-refractivity contribution in [1.82, 2.24) is 20.4 Å². The quantitative estimate of drug-likeness (QED) is 0.293. The maximum Gasteiger partial charge on any atom is 0.243 e. The SMILES string of the molecule is COCCN1CCC(NC(=NCC(=O)N(C)C)NCCc2cccs2)CC1.I. The summed E-state index contributed by atoms with van der Waals surface area (Å²) in [6.45, 7) is 4.84. The summed E-state index contributed by atoms with van der Waals surface area (Å²) >= 11 is 1.76. The number of thiophene rings is 1. The Morgan fingerprint density at radius 3 is 2.75 bits per heavy atom. The Balaban J connectivity index is 0.00000392. The summed E-state index contributed by atoms with van der Waals surface area (Å²) < 4.78 is 5.16. The number of methoxy groups -OCH3 is 1. The van der Waals surface area contributed by atoms with Crippen molar-refractivity contribution < 1.29 is 9.53 Å². The largest absolute Gasteiger partial charge is 0.383 e. The third kappa shape index (κ3) is 9.53. The van der Waals surface area contributed by atoms with Gasteiger partial charge in [0.1, 0.15) is 6.54 Å². The number of halogens is 1. The fraction of sp³-hybridized carbons (Fsp3) is 0.684. The lowest BCUT2D eigenvalue weighted by molar-refractivity contribution is -0.127. The summed E-state index contributed by atoms with van der Waals surface area (Å²) in [5.74, 6) is 0.737. The van der Waals surface area contributed by atoms with Gasteiger partial charge in [-0.3, -0.25) is 4.79 Å². The van der Waals surface area contributed by atoms with Crippen LogP contribution in [-0.4, -0.2) is 88.2 Å². The van der Waals surface area contributed by atoms with Gasteiger partial charge in [-0.15, -0.1) is 35.3 Å². The molecule has 2 heterocycles. The number of hydrogen-bond donors (Lipinski definition) is 2. The molecule has 160 valence electrons. The number of carbonyl (C=O) groups excluding carboxylic acids is 1. The molecule has 1 aliphatic rings.